The molecule has 0 bridgehead atoms. The number of fused-ring (bicyclic) bond motifs is 1. The third-order valence-corrected chi connectivity index (χ3v) is 4.06. The molecule has 0 amide bonds. The molecule has 108 valence electrons. The molecule has 2 aromatic carbocycles. The first-order valence-electron chi connectivity index (χ1n) is 6.36. The zero-order valence-electron chi connectivity index (χ0n) is 11.1. The van der Waals surface area contributed by atoms with E-state index in [4.69, 9.17) is 28.9 Å². The third-order valence-electron chi connectivity index (χ3n) is 3.50. The van der Waals surface area contributed by atoms with Gasteiger partial charge in [0, 0.05) is 10.0 Å². The van der Waals surface area contributed by atoms with Crippen molar-refractivity contribution >= 4 is 40.2 Å². The molecule has 0 aliphatic rings. The van der Waals surface area contributed by atoms with Crippen LogP contribution in [0.5, 0.6) is 0 Å². The van der Waals surface area contributed by atoms with E-state index in [1.807, 2.05) is 13.0 Å². The molecule has 6 heteroatoms. The summed E-state index contributed by atoms with van der Waals surface area (Å²) in [6, 6.07) is 9.84. The summed E-state index contributed by atoms with van der Waals surface area (Å²) in [7, 11) is 0. The van der Waals surface area contributed by atoms with Crippen LogP contribution in [0.15, 0.2) is 36.4 Å². The van der Waals surface area contributed by atoms with E-state index in [0.717, 1.165) is 5.56 Å². The Morgan fingerprint density at radius 1 is 1.24 bits per heavy atom. The van der Waals surface area contributed by atoms with Crippen molar-refractivity contribution in [1.82, 2.24) is 9.55 Å². The Balaban J connectivity index is 2.20. The number of nitrogens with two attached hydrogens (primary N) is 1. The second kappa shape index (κ2) is 5.20. The van der Waals surface area contributed by atoms with Crippen molar-refractivity contribution in [3.05, 3.63) is 57.8 Å². The van der Waals surface area contributed by atoms with Crippen LogP contribution in [-0.2, 0) is 0 Å². The normalized spacial score (nSPS) is 12.8. The molecule has 3 rings (SSSR count). The highest BCUT2D eigenvalue weighted by atomic mass is 35.5. The van der Waals surface area contributed by atoms with Crippen molar-refractivity contribution < 1.29 is 4.39 Å². The van der Waals surface area contributed by atoms with Gasteiger partial charge in [0.25, 0.3) is 0 Å². The number of rotatable bonds is 2. The maximum atomic E-state index is 13.8. The molecule has 0 aliphatic heterocycles. The smallest absolute Gasteiger partial charge is 0.201 e. The number of imidazole rings is 1. The van der Waals surface area contributed by atoms with Crippen molar-refractivity contribution in [3.63, 3.8) is 0 Å². The summed E-state index contributed by atoms with van der Waals surface area (Å²) in [5.74, 6) is -0.152. The molecule has 1 atom stereocenters. The van der Waals surface area contributed by atoms with Gasteiger partial charge in [-0.1, -0.05) is 35.3 Å². The van der Waals surface area contributed by atoms with Gasteiger partial charge in [-0.2, -0.15) is 0 Å². The van der Waals surface area contributed by atoms with Crippen LogP contribution < -0.4 is 5.73 Å². The Hall–Kier alpha value is -1.78. The molecular weight excluding hydrogens is 312 g/mol. The fourth-order valence-electron chi connectivity index (χ4n) is 2.49. The largest absolute Gasteiger partial charge is 0.369 e. The van der Waals surface area contributed by atoms with E-state index in [1.165, 1.54) is 6.07 Å². The molecule has 1 unspecified atom stereocenters. The highest BCUT2D eigenvalue weighted by Gasteiger charge is 2.19. The van der Waals surface area contributed by atoms with Gasteiger partial charge >= 0.3 is 0 Å². The quantitative estimate of drug-likeness (QED) is 0.744. The van der Waals surface area contributed by atoms with Gasteiger partial charge in [-0.05, 0) is 36.8 Å². The van der Waals surface area contributed by atoms with Crippen molar-refractivity contribution in [3.8, 4) is 0 Å². The summed E-state index contributed by atoms with van der Waals surface area (Å²) < 4.78 is 15.6. The average Bonchev–Trinajstić information content (AvgIpc) is 2.76. The van der Waals surface area contributed by atoms with Crippen molar-refractivity contribution in [2.75, 3.05) is 5.73 Å². The van der Waals surface area contributed by atoms with Crippen LogP contribution >= 0.6 is 23.2 Å². The lowest BCUT2D eigenvalue weighted by molar-refractivity contribution is 0.636. The number of halogens is 3. The van der Waals surface area contributed by atoms with Gasteiger partial charge in [0.15, 0.2) is 5.82 Å². The molecule has 3 aromatic rings. The monoisotopic (exact) mass is 323 g/mol. The van der Waals surface area contributed by atoms with Gasteiger partial charge in [0.2, 0.25) is 5.95 Å². The zero-order chi connectivity index (χ0) is 15.1. The molecule has 0 fully saturated rings. The van der Waals surface area contributed by atoms with Crippen LogP contribution in [0, 0.1) is 5.82 Å². The summed E-state index contributed by atoms with van der Waals surface area (Å²) in [6.45, 7) is 1.93. The summed E-state index contributed by atoms with van der Waals surface area (Å²) in [4.78, 5) is 4.10. The van der Waals surface area contributed by atoms with Gasteiger partial charge < -0.3 is 10.3 Å². The lowest BCUT2D eigenvalue weighted by atomic mass is 10.1. The van der Waals surface area contributed by atoms with Crippen LogP contribution in [0.3, 0.4) is 0 Å². The Bertz CT molecular complexity index is 829. The Labute approximate surface area is 131 Å². The molecule has 21 heavy (non-hydrogen) atoms. The zero-order valence-corrected chi connectivity index (χ0v) is 12.7. The van der Waals surface area contributed by atoms with Crippen LogP contribution in [-0.4, -0.2) is 9.55 Å². The predicted molar refractivity (Wildman–Crippen MR) is 84.4 cm³/mol. The molecule has 0 spiro atoms. The number of benzene rings is 2. The van der Waals surface area contributed by atoms with E-state index < -0.39 is 5.82 Å². The van der Waals surface area contributed by atoms with Gasteiger partial charge in [-0.3, -0.25) is 0 Å². The third kappa shape index (κ3) is 2.34. The first kappa shape index (κ1) is 14.2. The Kier molecular flexibility index (Phi) is 3.51. The summed E-state index contributed by atoms with van der Waals surface area (Å²) in [5, 5.41) is 1.10. The van der Waals surface area contributed by atoms with E-state index in [-0.39, 0.29) is 17.5 Å². The maximum Gasteiger partial charge on any atom is 0.201 e. The first-order valence-corrected chi connectivity index (χ1v) is 7.11. The lowest BCUT2D eigenvalue weighted by Crippen LogP contribution is -2.10. The molecule has 1 heterocycles. The van der Waals surface area contributed by atoms with E-state index >= 15 is 0 Å². The molecule has 0 saturated carbocycles. The van der Waals surface area contributed by atoms with E-state index in [9.17, 15) is 4.39 Å². The van der Waals surface area contributed by atoms with Crippen molar-refractivity contribution in [2.24, 2.45) is 0 Å². The molecule has 1 aromatic heterocycles. The minimum atomic E-state index is -0.396. The highest BCUT2D eigenvalue weighted by Crippen LogP contribution is 2.33. The number of nitrogen functional groups attached to an aromatic ring is 1. The number of anilines is 1. The molecule has 0 aliphatic carbocycles. The standard InChI is InChI=1S/C15H12Cl2FN3/c1-8(10-6-5-9(16)7-11(10)17)21-13-4-2-3-12(18)14(13)20-15(21)19/h2-8H,1H3,(H2,19,20). The van der Waals surface area contributed by atoms with Crippen LogP contribution in [0.25, 0.3) is 11.0 Å². The molecule has 2 N–H and O–H groups in total. The van der Waals surface area contributed by atoms with Gasteiger partial charge in [-0.15, -0.1) is 0 Å². The summed E-state index contributed by atoms with van der Waals surface area (Å²) in [6.07, 6.45) is 0. The predicted octanol–water partition coefficient (Wildman–Crippen LogP) is 4.67. The van der Waals surface area contributed by atoms with Gasteiger partial charge in [0.1, 0.15) is 5.52 Å². The number of para-hydroxylation sites is 1. The van der Waals surface area contributed by atoms with Crippen molar-refractivity contribution in [2.45, 2.75) is 13.0 Å². The van der Waals surface area contributed by atoms with Crippen LogP contribution in [0.4, 0.5) is 10.3 Å². The minimum Gasteiger partial charge on any atom is -0.369 e. The molecule has 0 saturated heterocycles. The second-order valence-corrected chi connectivity index (χ2v) is 5.63. The summed E-state index contributed by atoms with van der Waals surface area (Å²) in [5.41, 5.74) is 7.69. The second-order valence-electron chi connectivity index (χ2n) is 4.79. The first-order chi connectivity index (χ1) is 9.99. The summed E-state index contributed by atoms with van der Waals surface area (Å²) >= 11 is 12.2. The molecular formula is C15H12Cl2FN3. The number of hydrogen-bond acceptors (Lipinski definition) is 2. The Morgan fingerprint density at radius 3 is 2.71 bits per heavy atom. The molecule has 3 nitrogen and oxygen atoms in total. The van der Waals surface area contributed by atoms with E-state index in [0.29, 0.717) is 15.6 Å². The maximum absolute atomic E-state index is 13.8. The highest BCUT2D eigenvalue weighted by molar-refractivity contribution is 6.35. The van der Waals surface area contributed by atoms with E-state index in [1.54, 1.807) is 28.8 Å². The number of nitrogens with zero attached hydrogens (tertiary/aromatic N) is 2. The topological polar surface area (TPSA) is 43.8 Å². The van der Waals surface area contributed by atoms with Gasteiger partial charge in [0.05, 0.1) is 11.6 Å². The Morgan fingerprint density at radius 2 is 2.00 bits per heavy atom. The number of aromatic nitrogens is 2. The van der Waals surface area contributed by atoms with Crippen LogP contribution in [0.2, 0.25) is 10.0 Å². The average molecular weight is 324 g/mol. The SMILES string of the molecule is CC(c1ccc(Cl)cc1Cl)n1c(N)nc2c(F)cccc21. The van der Waals surface area contributed by atoms with Crippen molar-refractivity contribution in [1.29, 1.82) is 0 Å². The lowest BCUT2D eigenvalue weighted by Gasteiger charge is -2.18. The fraction of sp³-hybridized carbons (Fsp3) is 0.133. The fourth-order valence-corrected chi connectivity index (χ4v) is 3.05. The van der Waals surface area contributed by atoms with Gasteiger partial charge in [-0.25, -0.2) is 9.37 Å². The minimum absolute atomic E-state index is 0.193. The van der Waals surface area contributed by atoms with Crippen LogP contribution in [0.1, 0.15) is 18.5 Å². The van der Waals surface area contributed by atoms with E-state index in [2.05, 4.69) is 4.98 Å². The number of hydrogen-bond donors (Lipinski definition) is 1. The molecule has 0 radical (unpaired) electrons.